The molecule has 0 radical (unpaired) electrons. The van der Waals surface area contributed by atoms with E-state index in [4.69, 9.17) is 16.6 Å². The van der Waals surface area contributed by atoms with E-state index < -0.39 is 72.1 Å². The van der Waals surface area contributed by atoms with Crippen molar-refractivity contribution < 1.29 is 39.0 Å². The van der Waals surface area contributed by atoms with Crippen LogP contribution in [-0.4, -0.2) is 81.4 Å². The molecular weight excluding hydrogens is 426 g/mol. The smallest absolute Gasteiger partial charge is 0.326 e. The number of rotatable bonds is 12. The van der Waals surface area contributed by atoms with Gasteiger partial charge in [0.05, 0.1) is 12.5 Å². The van der Waals surface area contributed by atoms with Crippen molar-refractivity contribution >= 4 is 35.6 Å². The fourth-order valence-electron chi connectivity index (χ4n) is 3.32. The minimum absolute atomic E-state index is 0.0960. The van der Waals surface area contributed by atoms with Crippen molar-refractivity contribution in [1.29, 1.82) is 0 Å². The van der Waals surface area contributed by atoms with Gasteiger partial charge in [-0.25, -0.2) is 4.79 Å². The molecule has 0 bridgehead atoms. The lowest BCUT2D eigenvalue weighted by Gasteiger charge is -2.30. The van der Waals surface area contributed by atoms with Crippen LogP contribution in [0.5, 0.6) is 0 Å². The molecule has 0 aliphatic carbocycles. The topological polar surface area (TPSA) is 222 Å². The number of nitrogens with zero attached hydrogens (tertiary/aromatic N) is 1. The minimum atomic E-state index is -1.54. The summed E-state index contributed by atoms with van der Waals surface area (Å²) >= 11 is 0. The molecule has 1 saturated heterocycles. The molecule has 0 aromatic heterocycles. The quantitative estimate of drug-likeness (QED) is 0.186. The molecule has 13 nitrogen and oxygen atoms in total. The Balaban J connectivity index is 2.94. The first kappa shape index (κ1) is 26.8. The van der Waals surface area contributed by atoms with E-state index in [-0.39, 0.29) is 19.4 Å². The summed E-state index contributed by atoms with van der Waals surface area (Å²) in [4.78, 5) is 72.6. The number of hydrogen-bond donors (Lipinski definition) is 6. The van der Waals surface area contributed by atoms with Gasteiger partial charge in [-0.15, -0.1) is 0 Å². The Morgan fingerprint density at radius 3 is 2.19 bits per heavy atom. The SMILES string of the molecule is CC(C)C(NC(=O)C(CC(=O)O)NC(=O)C(N)CCC(N)=O)C(=O)N1CCCC1C(=O)O. The first-order chi connectivity index (χ1) is 14.8. The molecule has 32 heavy (non-hydrogen) atoms. The summed E-state index contributed by atoms with van der Waals surface area (Å²) in [6.45, 7) is 3.50. The zero-order valence-corrected chi connectivity index (χ0v) is 18.1. The molecule has 1 aliphatic heterocycles. The Hall–Kier alpha value is -3.22. The van der Waals surface area contributed by atoms with Crippen molar-refractivity contribution in [2.45, 2.75) is 70.1 Å². The van der Waals surface area contributed by atoms with Crippen LogP contribution in [0.2, 0.25) is 0 Å². The minimum Gasteiger partial charge on any atom is -0.481 e. The van der Waals surface area contributed by atoms with Crippen LogP contribution in [0.15, 0.2) is 0 Å². The van der Waals surface area contributed by atoms with Crippen LogP contribution in [0.25, 0.3) is 0 Å². The van der Waals surface area contributed by atoms with Crippen LogP contribution in [0.1, 0.15) is 46.0 Å². The molecule has 1 rings (SSSR count). The summed E-state index contributed by atoms with van der Waals surface area (Å²) in [6.07, 6.45) is -0.250. The second-order valence-corrected chi connectivity index (χ2v) is 8.03. The third-order valence-electron chi connectivity index (χ3n) is 5.10. The van der Waals surface area contributed by atoms with Crippen LogP contribution in [0, 0.1) is 5.92 Å². The van der Waals surface area contributed by atoms with Crippen molar-refractivity contribution in [3.05, 3.63) is 0 Å². The Bertz CT molecular complexity index is 756. The molecular formula is C19H31N5O8. The Labute approximate surface area is 184 Å². The van der Waals surface area contributed by atoms with Gasteiger partial charge in [0, 0.05) is 13.0 Å². The molecule has 0 spiro atoms. The number of carboxylic acids is 2. The average Bonchev–Trinajstić information content (AvgIpc) is 3.18. The monoisotopic (exact) mass is 457 g/mol. The molecule has 0 aromatic carbocycles. The van der Waals surface area contributed by atoms with Gasteiger partial charge in [-0.2, -0.15) is 0 Å². The molecule has 1 heterocycles. The fourth-order valence-corrected chi connectivity index (χ4v) is 3.32. The molecule has 4 unspecified atom stereocenters. The number of nitrogens with one attached hydrogen (secondary N) is 2. The molecule has 8 N–H and O–H groups in total. The molecule has 180 valence electrons. The third-order valence-corrected chi connectivity index (χ3v) is 5.10. The maximum atomic E-state index is 12.9. The number of amides is 4. The van der Waals surface area contributed by atoms with Gasteiger partial charge in [-0.1, -0.05) is 13.8 Å². The number of likely N-dealkylation sites (tertiary alicyclic amines) is 1. The number of carboxylic acid groups (broad SMARTS) is 2. The summed E-state index contributed by atoms with van der Waals surface area (Å²) in [5.74, 6) is -6.03. The largest absolute Gasteiger partial charge is 0.481 e. The Kier molecular flexibility index (Phi) is 10.0. The number of carbonyl (C=O) groups is 6. The van der Waals surface area contributed by atoms with Crippen molar-refractivity contribution in [2.75, 3.05) is 6.54 Å². The maximum absolute atomic E-state index is 12.9. The molecule has 4 amide bonds. The normalized spacial score (nSPS) is 18.5. The molecule has 4 atom stereocenters. The molecule has 1 aliphatic rings. The van der Waals surface area contributed by atoms with Crippen molar-refractivity contribution in [2.24, 2.45) is 17.4 Å². The van der Waals surface area contributed by atoms with E-state index in [1.165, 1.54) is 4.90 Å². The number of primary amides is 1. The lowest BCUT2D eigenvalue weighted by Crippen LogP contribution is -2.58. The summed E-state index contributed by atoms with van der Waals surface area (Å²) in [7, 11) is 0. The van der Waals surface area contributed by atoms with E-state index in [1.54, 1.807) is 13.8 Å². The van der Waals surface area contributed by atoms with Gasteiger partial charge in [-0.05, 0) is 25.2 Å². The van der Waals surface area contributed by atoms with Gasteiger partial charge < -0.3 is 37.2 Å². The number of hydrogen-bond acceptors (Lipinski definition) is 7. The highest BCUT2D eigenvalue weighted by Crippen LogP contribution is 2.20. The number of carbonyl (C=O) groups excluding carboxylic acids is 4. The highest BCUT2D eigenvalue weighted by Gasteiger charge is 2.39. The highest BCUT2D eigenvalue weighted by atomic mass is 16.4. The predicted octanol–water partition coefficient (Wildman–Crippen LogP) is -2.24. The lowest BCUT2D eigenvalue weighted by atomic mass is 10.0. The zero-order valence-electron chi connectivity index (χ0n) is 18.1. The second kappa shape index (κ2) is 12.0. The van der Waals surface area contributed by atoms with E-state index in [2.05, 4.69) is 10.6 Å². The van der Waals surface area contributed by atoms with Crippen molar-refractivity contribution in [1.82, 2.24) is 15.5 Å². The van der Waals surface area contributed by atoms with Gasteiger partial charge in [0.1, 0.15) is 18.1 Å². The van der Waals surface area contributed by atoms with Crippen molar-refractivity contribution in [3.63, 3.8) is 0 Å². The van der Waals surface area contributed by atoms with Crippen molar-refractivity contribution in [3.8, 4) is 0 Å². The third kappa shape index (κ3) is 7.80. The van der Waals surface area contributed by atoms with E-state index in [1.807, 2.05) is 0 Å². The number of nitrogens with two attached hydrogens (primary N) is 2. The standard InChI is InChI=1S/C19H31N5O8/c1-9(2)15(18(30)24-7-3-4-12(24)19(31)32)23-17(29)11(8-14(26)27)22-16(28)10(20)5-6-13(21)25/h9-12,15H,3-8,20H2,1-2H3,(H2,21,25)(H,22,28)(H,23,29)(H,26,27)(H,31,32). The lowest BCUT2D eigenvalue weighted by molar-refractivity contribution is -0.150. The predicted molar refractivity (Wildman–Crippen MR) is 110 cm³/mol. The van der Waals surface area contributed by atoms with Crippen LogP contribution in [0.3, 0.4) is 0 Å². The fraction of sp³-hybridized carbons (Fsp3) is 0.684. The van der Waals surface area contributed by atoms with E-state index in [0.29, 0.717) is 12.8 Å². The average molecular weight is 457 g/mol. The van der Waals surface area contributed by atoms with Gasteiger partial charge in [0.2, 0.25) is 23.6 Å². The van der Waals surface area contributed by atoms with E-state index in [0.717, 1.165) is 0 Å². The van der Waals surface area contributed by atoms with Gasteiger partial charge in [0.25, 0.3) is 0 Å². The number of aliphatic carboxylic acids is 2. The van der Waals surface area contributed by atoms with Crippen LogP contribution in [0.4, 0.5) is 0 Å². The first-order valence-electron chi connectivity index (χ1n) is 10.2. The maximum Gasteiger partial charge on any atom is 0.326 e. The van der Waals surface area contributed by atoms with Gasteiger partial charge in [-0.3, -0.25) is 24.0 Å². The molecule has 0 aromatic rings. The summed E-state index contributed by atoms with van der Waals surface area (Å²) in [6, 6.07) is -4.87. The molecule has 0 saturated carbocycles. The molecule has 13 heteroatoms. The van der Waals surface area contributed by atoms with Crippen LogP contribution < -0.4 is 22.1 Å². The van der Waals surface area contributed by atoms with E-state index in [9.17, 15) is 33.9 Å². The highest BCUT2D eigenvalue weighted by molar-refractivity contribution is 5.96. The van der Waals surface area contributed by atoms with Crippen LogP contribution in [-0.2, 0) is 28.8 Å². The van der Waals surface area contributed by atoms with Crippen LogP contribution >= 0.6 is 0 Å². The van der Waals surface area contributed by atoms with Gasteiger partial charge in [0.15, 0.2) is 0 Å². The summed E-state index contributed by atoms with van der Waals surface area (Å²) in [5, 5.41) is 23.1. The Morgan fingerprint density at radius 2 is 1.69 bits per heavy atom. The summed E-state index contributed by atoms with van der Waals surface area (Å²) < 4.78 is 0. The zero-order chi connectivity index (χ0) is 24.6. The first-order valence-corrected chi connectivity index (χ1v) is 10.2. The van der Waals surface area contributed by atoms with E-state index >= 15 is 0 Å². The molecule has 1 fully saturated rings. The summed E-state index contributed by atoms with van der Waals surface area (Å²) in [5.41, 5.74) is 10.7. The van der Waals surface area contributed by atoms with Gasteiger partial charge >= 0.3 is 11.9 Å². The Morgan fingerprint density at radius 1 is 1.06 bits per heavy atom. The second-order valence-electron chi connectivity index (χ2n) is 8.03.